The lowest BCUT2D eigenvalue weighted by Crippen LogP contribution is -2.13. The van der Waals surface area contributed by atoms with Crippen LogP contribution in [0.1, 0.15) is 6.92 Å². The first kappa shape index (κ1) is 15.0. The summed E-state index contributed by atoms with van der Waals surface area (Å²) in [5.74, 6) is 0. The van der Waals surface area contributed by atoms with E-state index >= 15 is 0 Å². The third kappa shape index (κ3) is 3.16. The topological polar surface area (TPSA) is 84.0 Å². The van der Waals surface area contributed by atoms with Gasteiger partial charge in [-0.25, -0.2) is 5.01 Å². The van der Waals surface area contributed by atoms with Gasteiger partial charge in [0.25, 0.3) is 5.69 Å². The van der Waals surface area contributed by atoms with E-state index in [1.807, 2.05) is 37.3 Å². The number of nitrogens with zero attached hydrogens (tertiary/aromatic N) is 5. The summed E-state index contributed by atoms with van der Waals surface area (Å²) in [5.41, 5.74) is 1.63. The van der Waals surface area contributed by atoms with E-state index in [0.29, 0.717) is 22.4 Å². The number of aromatic nitrogens is 1. The molecule has 0 aliphatic heterocycles. The Morgan fingerprint density at radius 1 is 1.26 bits per heavy atom. The summed E-state index contributed by atoms with van der Waals surface area (Å²) < 4.78 is 4.24. The molecule has 0 N–H and O–H groups in total. The minimum Gasteiger partial charge on any atom is -0.258 e. The van der Waals surface area contributed by atoms with Gasteiger partial charge in [0, 0.05) is 24.1 Å². The molecule has 0 aliphatic carbocycles. The highest BCUT2D eigenvalue weighted by Gasteiger charge is 2.12. The average molecular weight is 327 g/mol. The van der Waals surface area contributed by atoms with Crippen molar-refractivity contribution in [3.63, 3.8) is 0 Å². The van der Waals surface area contributed by atoms with E-state index in [0.717, 1.165) is 5.69 Å². The predicted octanol–water partition coefficient (Wildman–Crippen LogP) is 4.73. The molecule has 8 heteroatoms. The number of anilines is 1. The molecule has 0 spiro atoms. The molecule has 7 nitrogen and oxygen atoms in total. The molecular formula is C15H13N5O2S. The van der Waals surface area contributed by atoms with Crippen molar-refractivity contribution in [3.8, 4) is 0 Å². The van der Waals surface area contributed by atoms with Crippen LogP contribution in [0, 0.1) is 10.1 Å². The largest absolute Gasteiger partial charge is 0.270 e. The number of benzene rings is 2. The lowest BCUT2D eigenvalue weighted by atomic mass is 10.2. The molecule has 0 saturated heterocycles. The van der Waals surface area contributed by atoms with Crippen LogP contribution in [0.15, 0.2) is 58.9 Å². The van der Waals surface area contributed by atoms with Gasteiger partial charge in [0.1, 0.15) is 0 Å². The van der Waals surface area contributed by atoms with Crippen molar-refractivity contribution < 1.29 is 4.92 Å². The quantitative estimate of drug-likeness (QED) is 0.385. The van der Waals surface area contributed by atoms with Gasteiger partial charge in [-0.05, 0) is 36.7 Å². The molecular weight excluding hydrogens is 314 g/mol. The maximum Gasteiger partial charge on any atom is 0.270 e. The fourth-order valence-corrected chi connectivity index (χ4v) is 2.77. The summed E-state index contributed by atoms with van der Waals surface area (Å²) in [6.07, 6.45) is 0. The van der Waals surface area contributed by atoms with Crippen molar-refractivity contribution >= 4 is 38.8 Å². The van der Waals surface area contributed by atoms with Crippen LogP contribution < -0.4 is 5.01 Å². The monoisotopic (exact) mass is 327 g/mol. The average Bonchev–Trinajstić information content (AvgIpc) is 2.99. The van der Waals surface area contributed by atoms with Gasteiger partial charge in [0.2, 0.25) is 0 Å². The number of fused-ring (bicyclic) bond motifs is 1. The Morgan fingerprint density at radius 2 is 2.04 bits per heavy atom. The lowest BCUT2D eigenvalue weighted by molar-refractivity contribution is -0.384. The van der Waals surface area contributed by atoms with Gasteiger partial charge in [-0.3, -0.25) is 10.1 Å². The molecule has 0 unspecified atom stereocenters. The van der Waals surface area contributed by atoms with E-state index in [1.165, 1.54) is 23.7 Å². The molecule has 0 fully saturated rings. The number of nitro groups is 1. The van der Waals surface area contributed by atoms with Gasteiger partial charge in [0.15, 0.2) is 5.00 Å². The number of hydrogen-bond donors (Lipinski definition) is 0. The Bertz CT molecular complexity index is 863. The Kier molecular flexibility index (Phi) is 4.24. The van der Waals surface area contributed by atoms with Gasteiger partial charge < -0.3 is 0 Å². The van der Waals surface area contributed by atoms with Gasteiger partial charge >= 0.3 is 0 Å². The van der Waals surface area contributed by atoms with Crippen LogP contribution in [0.2, 0.25) is 0 Å². The van der Waals surface area contributed by atoms with Crippen molar-refractivity contribution in [2.24, 2.45) is 10.3 Å². The summed E-state index contributed by atoms with van der Waals surface area (Å²) in [5, 5.41) is 22.3. The highest BCUT2D eigenvalue weighted by molar-refractivity contribution is 7.11. The number of hydrogen-bond acceptors (Lipinski definition) is 6. The zero-order valence-electron chi connectivity index (χ0n) is 12.3. The van der Waals surface area contributed by atoms with Crippen molar-refractivity contribution in [1.29, 1.82) is 0 Å². The first-order valence-electron chi connectivity index (χ1n) is 6.97. The number of nitro benzene ring substituents is 1. The zero-order valence-corrected chi connectivity index (χ0v) is 13.1. The fourth-order valence-electron chi connectivity index (χ4n) is 2.09. The third-order valence-corrected chi connectivity index (χ3v) is 4.01. The molecule has 0 bridgehead atoms. The molecule has 3 aromatic rings. The second kappa shape index (κ2) is 6.49. The molecule has 0 radical (unpaired) electrons. The normalized spacial score (nSPS) is 11.2. The van der Waals surface area contributed by atoms with Crippen molar-refractivity contribution in [2.75, 3.05) is 11.6 Å². The van der Waals surface area contributed by atoms with Crippen LogP contribution in [0.25, 0.3) is 10.9 Å². The van der Waals surface area contributed by atoms with Crippen LogP contribution in [-0.2, 0) is 0 Å². The van der Waals surface area contributed by atoms with Crippen LogP contribution in [0.5, 0.6) is 0 Å². The number of rotatable bonds is 5. The van der Waals surface area contributed by atoms with Crippen molar-refractivity contribution in [3.05, 3.63) is 58.6 Å². The summed E-state index contributed by atoms with van der Waals surface area (Å²) >= 11 is 1.17. The van der Waals surface area contributed by atoms with Crippen LogP contribution >= 0.6 is 11.5 Å². The molecule has 2 aromatic carbocycles. The molecule has 0 saturated carbocycles. The van der Waals surface area contributed by atoms with Gasteiger partial charge in [-0.15, -0.1) is 5.11 Å². The highest BCUT2D eigenvalue weighted by atomic mass is 32.1. The Labute approximate surface area is 136 Å². The molecule has 0 atom stereocenters. The van der Waals surface area contributed by atoms with Gasteiger partial charge in [-0.2, -0.15) is 4.37 Å². The first-order valence-corrected chi connectivity index (χ1v) is 7.74. The smallest absolute Gasteiger partial charge is 0.258 e. The molecule has 3 rings (SSSR count). The minimum absolute atomic E-state index is 0.0181. The molecule has 1 aromatic heterocycles. The minimum atomic E-state index is -0.430. The van der Waals surface area contributed by atoms with E-state index in [1.54, 1.807) is 11.1 Å². The molecule has 23 heavy (non-hydrogen) atoms. The van der Waals surface area contributed by atoms with Crippen LogP contribution in [-0.4, -0.2) is 15.8 Å². The second-order valence-corrected chi connectivity index (χ2v) is 5.44. The SMILES string of the molecule is CCN(/N=N/c1snc2ccc([N+](=O)[O-])cc12)c1ccccc1. The summed E-state index contributed by atoms with van der Waals surface area (Å²) in [6, 6.07) is 14.2. The predicted molar refractivity (Wildman–Crippen MR) is 90.3 cm³/mol. The zero-order chi connectivity index (χ0) is 16.2. The van der Waals surface area contributed by atoms with E-state index in [-0.39, 0.29) is 5.69 Å². The Balaban J connectivity index is 1.94. The summed E-state index contributed by atoms with van der Waals surface area (Å²) in [4.78, 5) is 10.5. The first-order chi connectivity index (χ1) is 11.2. The highest BCUT2D eigenvalue weighted by Crippen LogP contribution is 2.33. The summed E-state index contributed by atoms with van der Waals surface area (Å²) in [7, 11) is 0. The van der Waals surface area contributed by atoms with E-state index in [4.69, 9.17) is 0 Å². The Hall–Kier alpha value is -2.87. The van der Waals surface area contributed by atoms with Gasteiger partial charge in [-0.1, -0.05) is 23.4 Å². The second-order valence-electron chi connectivity index (χ2n) is 4.69. The summed E-state index contributed by atoms with van der Waals surface area (Å²) in [6.45, 7) is 2.63. The van der Waals surface area contributed by atoms with Crippen molar-refractivity contribution in [2.45, 2.75) is 6.92 Å². The fraction of sp³-hybridized carbons (Fsp3) is 0.133. The molecule has 0 amide bonds. The molecule has 1 heterocycles. The molecule has 116 valence electrons. The van der Waals surface area contributed by atoms with Crippen LogP contribution in [0.4, 0.5) is 16.4 Å². The standard InChI is InChI=1S/C15H13N5O2S/c1-2-19(11-6-4-3-5-7-11)18-16-15-13-10-12(20(21)22)8-9-14(13)17-23-15/h3-10H,2H2,1H3/b18-16+. The van der Waals surface area contributed by atoms with Gasteiger partial charge in [0.05, 0.1) is 16.1 Å². The van der Waals surface area contributed by atoms with Crippen molar-refractivity contribution in [1.82, 2.24) is 4.37 Å². The number of para-hydroxylation sites is 1. The maximum absolute atomic E-state index is 10.9. The lowest BCUT2D eigenvalue weighted by Gasteiger charge is -2.14. The maximum atomic E-state index is 10.9. The van der Waals surface area contributed by atoms with Crippen LogP contribution in [0.3, 0.4) is 0 Å². The van der Waals surface area contributed by atoms with E-state index in [2.05, 4.69) is 14.7 Å². The van der Waals surface area contributed by atoms with E-state index in [9.17, 15) is 10.1 Å². The number of non-ortho nitro benzene ring substituents is 1. The molecule has 0 aliphatic rings. The van der Waals surface area contributed by atoms with E-state index < -0.39 is 4.92 Å². The third-order valence-electron chi connectivity index (χ3n) is 3.25. The Morgan fingerprint density at radius 3 is 2.74 bits per heavy atom.